The van der Waals surface area contributed by atoms with Gasteiger partial charge in [-0.3, -0.25) is 0 Å². The van der Waals surface area contributed by atoms with Crippen molar-refractivity contribution in [1.29, 1.82) is 0 Å². The molecular formula is C10H14Cl2N2S. The predicted octanol–water partition coefficient (Wildman–Crippen LogP) is 3.00. The van der Waals surface area contributed by atoms with E-state index in [0.717, 1.165) is 18.1 Å². The van der Waals surface area contributed by atoms with Crippen molar-refractivity contribution < 1.29 is 0 Å². The maximum atomic E-state index is 5.83. The highest BCUT2D eigenvalue weighted by molar-refractivity contribution is 7.99. The molecule has 0 amide bonds. The van der Waals surface area contributed by atoms with Crippen molar-refractivity contribution in [3.63, 3.8) is 0 Å². The number of nitrogens with one attached hydrogen (secondary N) is 1. The van der Waals surface area contributed by atoms with E-state index in [1.807, 2.05) is 30.0 Å². The van der Waals surface area contributed by atoms with E-state index in [1.54, 1.807) is 0 Å². The SMILES string of the molecule is Cl.Cl[14c]1ccc[14c](SC2CCNCC2)n1. The summed E-state index contributed by atoms with van der Waals surface area (Å²) in [5.41, 5.74) is 0. The monoisotopic (exact) mass is 268 g/mol. The lowest BCUT2D eigenvalue weighted by Crippen LogP contribution is -2.29. The van der Waals surface area contributed by atoms with E-state index in [2.05, 4.69) is 10.3 Å². The van der Waals surface area contributed by atoms with Crippen LogP contribution in [0.5, 0.6) is 0 Å². The molecule has 0 saturated carbocycles. The molecule has 0 unspecified atom stereocenters. The Morgan fingerprint density at radius 1 is 1.33 bits per heavy atom. The molecule has 1 aliphatic rings. The first-order chi connectivity index (χ1) is 6.84. The lowest BCUT2D eigenvalue weighted by atomic mass is 10.2. The summed E-state index contributed by atoms with van der Waals surface area (Å²) in [7, 11) is 0. The van der Waals surface area contributed by atoms with Gasteiger partial charge in [0, 0.05) is 5.25 Å². The lowest BCUT2D eigenvalue weighted by Gasteiger charge is -2.21. The van der Waals surface area contributed by atoms with Gasteiger partial charge in [0.15, 0.2) is 0 Å². The smallest absolute Gasteiger partial charge is 0.130 e. The predicted molar refractivity (Wildman–Crippen MR) is 68.2 cm³/mol. The second-order valence-electron chi connectivity index (χ2n) is 3.37. The van der Waals surface area contributed by atoms with Crippen LogP contribution in [0.2, 0.25) is 5.15 Å². The number of aromatic nitrogens is 1. The zero-order valence-corrected chi connectivity index (χ0v) is 10.7. The zero-order valence-electron chi connectivity index (χ0n) is 8.28. The number of hydrogen-bond acceptors (Lipinski definition) is 3. The van der Waals surface area contributed by atoms with Crippen LogP contribution in [0.25, 0.3) is 0 Å². The van der Waals surface area contributed by atoms with E-state index in [0.29, 0.717) is 10.4 Å². The second-order valence-corrected chi connectivity index (χ2v) is 5.07. The van der Waals surface area contributed by atoms with Gasteiger partial charge in [-0.25, -0.2) is 4.98 Å². The Kier molecular flexibility index (Phi) is 5.75. The van der Waals surface area contributed by atoms with Gasteiger partial charge in [-0.05, 0) is 38.1 Å². The van der Waals surface area contributed by atoms with E-state index in [1.165, 1.54) is 12.8 Å². The topological polar surface area (TPSA) is 24.9 Å². The van der Waals surface area contributed by atoms with Crippen LogP contribution in [0.3, 0.4) is 0 Å². The highest BCUT2D eigenvalue weighted by atomic mass is 35.5. The summed E-state index contributed by atoms with van der Waals surface area (Å²) in [6.45, 7) is 2.25. The van der Waals surface area contributed by atoms with Crippen molar-refractivity contribution in [2.75, 3.05) is 13.1 Å². The Labute approximate surface area is 106 Å². The third-order valence-corrected chi connectivity index (χ3v) is 3.75. The molecule has 1 aromatic rings. The van der Waals surface area contributed by atoms with Gasteiger partial charge in [-0.1, -0.05) is 17.7 Å². The first-order valence-electron chi connectivity index (χ1n) is 4.84. The maximum absolute atomic E-state index is 5.83. The van der Waals surface area contributed by atoms with Gasteiger partial charge in [0.05, 0.1) is 5.03 Å². The van der Waals surface area contributed by atoms with Gasteiger partial charge in [0.1, 0.15) is 5.15 Å². The van der Waals surface area contributed by atoms with Crippen molar-refractivity contribution in [3.8, 4) is 0 Å². The minimum atomic E-state index is 0. The van der Waals surface area contributed by atoms with Crippen LogP contribution in [0, 0.1) is 0 Å². The van der Waals surface area contributed by atoms with Crippen molar-refractivity contribution in [3.05, 3.63) is 23.4 Å². The molecule has 84 valence electrons. The lowest BCUT2D eigenvalue weighted by molar-refractivity contribution is 0.531. The van der Waals surface area contributed by atoms with Gasteiger partial charge in [-0.2, -0.15) is 0 Å². The number of pyridine rings is 1. The van der Waals surface area contributed by atoms with Crippen LogP contribution in [-0.2, 0) is 0 Å². The summed E-state index contributed by atoms with van der Waals surface area (Å²) in [5.74, 6) is 0. The molecule has 1 fully saturated rings. The van der Waals surface area contributed by atoms with Crippen LogP contribution in [0.4, 0.5) is 0 Å². The molecule has 0 radical (unpaired) electrons. The Morgan fingerprint density at radius 2 is 2.07 bits per heavy atom. The largest absolute Gasteiger partial charge is 0.317 e. The maximum Gasteiger partial charge on any atom is 0.130 e. The summed E-state index contributed by atoms with van der Waals surface area (Å²) in [4.78, 5) is 4.28. The Hall–Kier alpha value is 0.0400. The van der Waals surface area contributed by atoms with Crippen LogP contribution in [-0.4, -0.2) is 23.3 Å². The summed E-state index contributed by atoms with van der Waals surface area (Å²) in [6.07, 6.45) is 2.44. The third-order valence-electron chi connectivity index (χ3n) is 2.26. The summed E-state index contributed by atoms with van der Waals surface area (Å²) in [5, 5.41) is 5.68. The normalized spacial score (nSPS) is 17.1. The van der Waals surface area contributed by atoms with Gasteiger partial charge < -0.3 is 5.32 Å². The average Bonchev–Trinajstić information content (AvgIpc) is 2.19. The van der Waals surface area contributed by atoms with Gasteiger partial charge in [0.2, 0.25) is 0 Å². The highest BCUT2D eigenvalue weighted by Gasteiger charge is 2.14. The molecule has 1 saturated heterocycles. The molecular weight excluding hydrogens is 255 g/mol. The fraction of sp³-hybridized carbons (Fsp3) is 0.500. The molecule has 5 heteroatoms. The number of rotatable bonds is 2. The number of thioether (sulfide) groups is 1. The van der Waals surface area contributed by atoms with Crippen molar-refractivity contribution >= 4 is 35.8 Å². The second kappa shape index (κ2) is 6.59. The molecule has 0 spiro atoms. The average molecular weight is 269 g/mol. The molecule has 1 N–H and O–H groups in total. The first kappa shape index (κ1) is 13.1. The standard InChI is InChI=1S/C10H13ClN2S.ClH/c11-9-2-1-3-10(13-9)14-8-4-6-12-7-5-8;/h1-3,8,12H,4-7H2;1H/i9+2,10+2;. The van der Waals surface area contributed by atoms with Crippen molar-refractivity contribution in [2.24, 2.45) is 0 Å². The number of piperidine rings is 1. The van der Waals surface area contributed by atoms with Gasteiger partial charge in [0.25, 0.3) is 0 Å². The Morgan fingerprint density at radius 3 is 2.73 bits per heavy atom. The minimum Gasteiger partial charge on any atom is -0.317 e. The summed E-state index contributed by atoms with van der Waals surface area (Å²) < 4.78 is 0. The minimum absolute atomic E-state index is 0. The first-order valence-corrected chi connectivity index (χ1v) is 6.10. The fourth-order valence-corrected chi connectivity index (χ4v) is 2.87. The zero-order chi connectivity index (χ0) is 9.80. The van der Waals surface area contributed by atoms with Crippen LogP contribution >= 0.6 is 35.8 Å². The van der Waals surface area contributed by atoms with E-state index in [9.17, 15) is 0 Å². The van der Waals surface area contributed by atoms with Crippen molar-refractivity contribution in [1.82, 2.24) is 10.3 Å². The number of nitrogens with zero attached hydrogens (tertiary/aromatic N) is 1. The molecule has 0 bridgehead atoms. The van der Waals surface area contributed by atoms with E-state index in [-0.39, 0.29) is 12.4 Å². The molecule has 1 aromatic heterocycles. The van der Waals surface area contributed by atoms with E-state index in [4.69, 9.17) is 11.6 Å². The van der Waals surface area contributed by atoms with Crippen LogP contribution < -0.4 is 5.32 Å². The van der Waals surface area contributed by atoms with Crippen LogP contribution in [0.1, 0.15) is 12.8 Å². The molecule has 0 aromatic carbocycles. The van der Waals surface area contributed by atoms with E-state index >= 15 is 0 Å². The third kappa shape index (κ3) is 4.19. The van der Waals surface area contributed by atoms with Crippen molar-refractivity contribution in [2.45, 2.75) is 23.1 Å². The molecule has 15 heavy (non-hydrogen) atoms. The molecule has 2 rings (SSSR count). The Balaban J connectivity index is 0.00000112. The highest BCUT2D eigenvalue weighted by Crippen LogP contribution is 2.27. The molecule has 2 nitrogen and oxygen atoms in total. The van der Waals surface area contributed by atoms with Crippen LogP contribution in [0.15, 0.2) is 23.2 Å². The number of hydrogen-bond donors (Lipinski definition) is 1. The molecule has 0 atom stereocenters. The molecule has 2 heterocycles. The van der Waals surface area contributed by atoms with Gasteiger partial charge >= 0.3 is 0 Å². The molecule has 0 aliphatic carbocycles. The quantitative estimate of drug-likeness (QED) is 0.835. The van der Waals surface area contributed by atoms with E-state index < -0.39 is 0 Å². The molecule has 1 aliphatic heterocycles. The summed E-state index contributed by atoms with van der Waals surface area (Å²) >= 11 is 7.67. The number of halogens is 2. The fourth-order valence-electron chi connectivity index (χ4n) is 1.54. The Bertz CT molecular complexity index is 303. The van der Waals surface area contributed by atoms with Gasteiger partial charge in [-0.15, -0.1) is 24.2 Å². The summed E-state index contributed by atoms with van der Waals surface area (Å²) in [6, 6.07) is 5.80.